The fourth-order valence-corrected chi connectivity index (χ4v) is 4.12. The maximum absolute atomic E-state index is 11.4. The second-order valence-electron chi connectivity index (χ2n) is 7.73. The van der Waals surface area contributed by atoms with Crippen LogP contribution in [0.4, 0.5) is 17.1 Å². The van der Waals surface area contributed by atoms with Crippen molar-refractivity contribution in [3.8, 4) is 5.75 Å². The van der Waals surface area contributed by atoms with E-state index < -0.39 is 0 Å². The molecule has 6 nitrogen and oxygen atoms in total. The number of amides is 1. The number of anilines is 3. The minimum absolute atomic E-state index is 0.0861. The number of carbonyl (C=O) groups is 1. The van der Waals surface area contributed by atoms with Gasteiger partial charge in [-0.25, -0.2) is 0 Å². The number of methoxy groups -OCH3 is 1. The number of rotatable bonds is 8. The zero-order chi connectivity index (χ0) is 20.1. The Balaban J connectivity index is 1.15. The number of para-hydroxylation sites is 2. The third kappa shape index (κ3) is 4.82. The van der Waals surface area contributed by atoms with Crippen LogP contribution in [-0.4, -0.2) is 57.2 Å². The Bertz CT molecular complexity index is 847. The molecule has 0 spiro atoms. The summed E-state index contributed by atoms with van der Waals surface area (Å²) < 4.78 is 5.50. The summed E-state index contributed by atoms with van der Waals surface area (Å²) in [5.74, 6) is 1.04. The third-order valence-electron chi connectivity index (χ3n) is 5.76. The van der Waals surface area contributed by atoms with E-state index in [-0.39, 0.29) is 5.91 Å². The van der Waals surface area contributed by atoms with E-state index in [1.54, 1.807) is 7.11 Å². The SMILES string of the molecule is COc1ccccc1N1CCN(CCCCNc2ccc3c(c2)NC(=O)C3)CC1. The third-order valence-corrected chi connectivity index (χ3v) is 5.76. The summed E-state index contributed by atoms with van der Waals surface area (Å²) in [5, 5.41) is 6.38. The van der Waals surface area contributed by atoms with Crippen LogP contribution >= 0.6 is 0 Å². The van der Waals surface area contributed by atoms with Crippen LogP contribution in [0.2, 0.25) is 0 Å². The fraction of sp³-hybridized carbons (Fsp3) is 0.435. The summed E-state index contributed by atoms with van der Waals surface area (Å²) in [7, 11) is 1.74. The molecule has 0 radical (unpaired) electrons. The van der Waals surface area contributed by atoms with E-state index in [2.05, 4.69) is 38.6 Å². The number of benzene rings is 2. The Kier molecular flexibility index (Phi) is 6.20. The first-order valence-corrected chi connectivity index (χ1v) is 10.5. The first-order chi connectivity index (χ1) is 14.2. The van der Waals surface area contributed by atoms with Crippen molar-refractivity contribution in [1.29, 1.82) is 0 Å². The normalized spacial score (nSPS) is 16.4. The van der Waals surface area contributed by atoms with Gasteiger partial charge in [0.1, 0.15) is 5.75 Å². The molecule has 0 bridgehead atoms. The standard InChI is InChI=1S/C23H30N4O2/c1-29-22-7-3-2-6-21(22)27-14-12-26(13-15-27)11-5-4-10-24-19-9-8-18-16-23(28)25-20(18)17-19/h2-3,6-9,17,24H,4-5,10-16H2,1H3,(H,25,28). The van der Waals surface area contributed by atoms with Gasteiger partial charge in [-0.1, -0.05) is 18.2 Å². The number of ether oxygens (including phenoxy) is 1. The maximum atomic E-state index is 11.4. The monoisotopic (exact) mass is 394 g/mol. The van der Waals surface area contributed by atoms with E-state index in [0.717, 1.165) is 68.4 Å². The highest BCUT2D eigenvalue weighted by Crippen LogP contribution is 2.28. The van der Waals surface area contributed by atoms with Crippen LogP contribution in [-0.2, 0) is 11.2 Å². The Morgan fingerprint density at radius 3 is 2.72 bits per heavy atom. The summed E-state index contributed by atoms with van der Waals surface area (Å²) in [4.78, 5) is 16.4. The predicted octanol–water partition coefficient (Wildman–Crippen LogP) is 3.20. The molecule has 2 heterocycles. The van der Waals surface area contributed by atoms with Gasteiger partial charge >= 0.3 is 0 Å². The van der Waals surface area contributed by atoms with Crippen LogP contribution in [0, 0.1) is 0 Å². The van der Waals surface area contributed by atoms with Crippen molar-refractivity contribution in [2.45, 2.75) is 19.3 Å². The van der Waals surface area contributed by atoms with Crippen molar-refractivity contribution < 1.29 is 9.53 Å². The quantitative estimate of drug-likeness (QED) is 0.674. The van der Waals surface area contributed by atoms with Gasteiger partial charge < -0.3 is 20.3 Å². The van der Waals surface area contributed by atoms with E-state index in [1.165, 1.54) is 12.1 Å². The molecule has 0 unspecified atom stereocenters. The average Bonchev–Trinajstić information content (AvgIpc) is 3.13. The summed E-state index contributed by atoms with van der Waals surface area (Å²) in [6, 6.07) is 14.4. The average molecular weight is 395 g/mol. The van der Waals surface area contributed by atoms with E-state index in [9.17, 15) is 4.79 Å². The van der Waals surface area contributed by atoms with Gasteiger partial charge in [0.2, 0.25) is 5.91 Å². The summed E-state index contributed by atoms with van der Waals surface area (Å²) in [5.41, 5.74) is 4.32. The Labute approximate surface area is 172 Å². The smallest absolute Gasteiger partial charge is 0.228 e. The topological polar surface area (TPSA) is 56.8 Å². The van der Waals surface area contributed by atoms with Crippen LogP contribution in [0.1, 0.15) is 18.4 Å². The number of fused-ring (bicyclic) bond motifs is 1. The molecule has 0 aromatic heterocycles. The maximum Gasteiger partial charge on any atom is 0.228 e. The number of piperazine rings is 1. The van der Waals surface area contributed by atoms with Crippen molar-refractivity contribution >= 4 is 23.0 Å². The molecule has 0 atom stereocenters. The van der Waals surface area contributed by atoms with E-state index >= 15 is 0 Å². The molecule has 2 aromatic rings. The Hall–Kier alpha value is -2.73. The van der Waals surface area contributed by atoms with Crippen molar-refractivity contribution in [2.24, 2.45) is 0 Å². The van der Waals surface area contributed by atoms with Gasteiger partial charge in [0.15, 0.2) is 0 Å². The largest absolute Gasteiger partial charge is 0.495 e. The van der Waals surface area contributed by atoms with Crippen LogP contribution < -0.4 is 20.3 Å². The van der Waals surface area contributed by atoms with Crippen LogP contribution in [0.3, 0.4) is 0 Å². The highest BCUT2D eigenvalue weighted by atomic mass is 16.5. The number of hydrogen-bond donors (Lipinski definition) is 2. The van der Waals surface area contributed by atoms with Gasteiger partial charge in [0, 0.05) is 44.1 Å². The van der Waals surface area contributed by atoms with E-state index in [1.807, 2.05) is 24.3 Å². The lowest BCUT2D eigenvalue weighted by Gasteiger charge is -2.36. The lowest BCUT2D eigenvalue weighted by molar-refractivity contribution is -0.115. The summed E-state index contributed by atoms with van der Waals surface area (Å²) >= 11 is 0. The summed E-state index contributed by atoms with van der Waals surface area (Å²) in [6.45, 7) is 6.36. The molecule has 154 valence electrons. The number of hydrogen-bond acceptors (Lipinski definition) is 5. The number of carbonyl (C=O) groups excluding carboxylic acids is 1. The lowest BCUT2D eigenvalue weighted by Crippen LogP contribution is -2.46. The predicted molar refractivity (Wildman–Crippen MR) is 118 cm³/mol. The Morgan fingerprint density at radius 2 is 1.90 bits per heavy atom. The molecular formula is C23H30N4O2. The van der Waals surface area contributed by atoms with Gasteiger partial charge in [-0.3, -0.25) is 9.69 Å². The van der Waals surface area contributed by atoms with E-state index in [4.69, 9.17) is 4.74 Å². The molecule has 2 aliphatic heterocycles. The Morgan fingerprint density at radius 1 is 1.07 bits per heavy atom. The summed E-state index contributed by atoms with van der Waals surface area (Å²) in [6.07, 6.45) is 2.82. The van der Waals surface area contributed by atoms with Gasteiger partial charge in [0.05, 0.1) is 19.2 Å². The molecule has 1 amide bonds. The molecule has 6 heteroatoms. The van der Waals surface area contributed by atoms with Crippen molar-refractivity contribution in [3.63, 3.8) is 0 Å². The molecule has 1 saturated heterocycles. The molecule has 2 aliphatic rings. The number of nitrogens with one attached hydrogen (secondary N) is 2. The highest BCUT2D eigenvalue weighted by molar-refractivity contribution is 5.99. The van der Waals surface area contributed by atoms with Gasteiger partial charge in [-0.2, -0.15) is 0 Å². The second-order valence-corrected chi connectivity index (χ2v) is 7.73. The zero-order valence-corrected chi connectivity index (χ0v) is 17.1. The first-order valence-electron chi connectivity index (χ1n) is 10.5. The first kappa shape index (κ1) is 19.6. The molecular weight excluding hydrogens is 364 g/mol. The minimum Gasteiger partial charge on any atom is -0.495 e. The van der Waals surface area contributed by atoms with Crippen LogP contribution in [0.5, 0.6) is 5.75 Å². The molecule has 1 fully saturated rings. The fourth-order valence-electron chi connectivity index (χ4n) is 4.12. The van der Waals surface area contributed by atoms with E-state index in [0.29, 0.717) is 6.42 Å². The minimum atomic E-state index is 0.0861. The van der Waals surface area contributed by atoms with Gasteiger partial charge in [0.25, 0.3) is 0 Å². The molecule has 4 rings (SSSR count). The van der Waals surface area contributed by atoms with Crippen LogP contribution in [0.25, 0.3) is 0 Å². The van der Waals surface area contributed by atoms with Crippen LogP contribution in [0.15, 0.2) is 42.5 Å². The molecule has 0 aliphatic carbocycles. The zero-order valence-electron chi connectivity index (χ0n) is 17.1. The molecule has 29 heavy (non-hydrogen) atoms. The van der Waals surface area contributed by atoms with Gasteiger partial charge in [-0.15, -0.1) is 0 Å². The molecule has 2 N–H and O–H groups in total. The van der Waals surface area contributed by atoms with Crippen molar-refractivity contribution in [1.82, 2.24) is 4.90 Å². The lowest BCUT2D eigenvalue weighted by atomic mass is 10.1. The number of unbranched alkanes of at least 4 members (excludes halogenated alkanes) is 1. The van der Waals surface area contributed by atoms with Crippen molar-refractivity contribution in [3.05, 3.63) is 48.0 Å². The molecule has 0 saturated carbocycles. The highest BCUT2D eigenvalue weighted by Gasteiger charge is 2.19. The second kappa shape index (κ2) is 9.18. The van der Waals surface area contributed by atoms with Gasteiger partial charge in [-0.05, 0) is 49.2 Å². The van der Waals surface area contributed by atoms with Crippen molar-refractivity contribution in [2.75, 3.05) is 61.9 Å². The molecule has 2 aromatic carbocycles. The number of nitrogens with zero attached hydrogens (tertiary/aromatic N) is 2.